The van der Waals surface area contributed by atoms with Crippen LogP contribution < -0.4 is 28.0 Å². The number of alkyl halides is 2. The van der Waals surface area contributed by atoms with E-state index in [9.17, 15) is 27.2 Å². The van der Waals surface area contributed by atoms with E-state index in [2.05, 4.69) is 9.64 Å². The van der Waals surface area contributed by atoms with Gasteiger partial charge in [-0.15, -0.1) is 0 Å². The Balaban J connectivity index is 1.42. The quantitative estimate of drug-likeness (QED) is 0.0775. The van der Waals surface area contributed by atoms with Gasteiger partial charge < -0.3 is 33.6 Å². The monoisotopic (exact) mass is 775 g/mol. The zero-order valence-electron chi connectivity index (χ0n) is 27.8. The third kappa shape index (κ3) is 10.8. The van der Waals surface area contributed by atoms with Gasteiger partial charge in [-0.3, -0.25) is 9.21 Å². The summed E-state index contributed by atoms with van der Waals surface area (Å²) in [5, 5.41) is 11.9. The number of benzene rings is 2. The number of rotatable bonds is 16. The number of ether oxygens (including phenoxy) is 6. The van der Waals surface area contributed by atoms with Crippen molar-refractivity contribution in [3.05, 3.63) is 75.2 Å². The lowest BCUT2D eigenvalue weighted by Gasteiger charge is -2.30. The SMILES string of the molecule is COc1ccc(OC(=O)OC(Cc2c(Cl)c[n+]([O-])cc2Cl)c2ccc(OC(F)F)c(OCC3CC3)c2)cc1N(CCN1CCOCC1)S(C)(=O)=O. The number of nitrogens with zero attached hydrogens (tertiary/aromatic N) is 3. The molecule has 5 rings (SSSR count). The first-order valence-corrected chi connectivity index (χ1v) is 18.5. The molecule has 2 fully saturated rings. The molecule has 278 valence electrons. The topological polar surface area (TPSA) is 140 Å². The van der Waals surface area contributed by atoms with E-state index >= 15 is 0 Å². The van der Waals surface area contributed by atoms with Gasteiger partial charge in [-0.25, -0.2) is 13.2 Å². The third-order valence-electron chi connectivity index (χ3n) is 8.16. The maximum atomic E-state index is 13.4. The largest absolute Gasteiger partial charge is 0.619 e. The Morgan fingerprint density at radius 2 is 1.76 bits per heavy atom. The molecule has 1 aromatic heterocycles. The minimum atomic E-state index is -3.81. The number of hydrogen-bond donors (Lipinski definition) is 0. The number of anilines is 1. The molecule has 1 unspecified atom stereocenters. The lowest BCUT2D eigenvalue weighted by atomic mass is 10.0. The van der Waals surface area contributed by atoms with Gasteiger partial charge in [-0.1, -0.05) is 29.3 Å². The van der Waals surface area contributed by atoms with Gasteiger partial charge in [0.15, 0.2) is 23.9 Å². The van der Waals surface area contributed by atoms with Crippen LogP contribution in [0.3, 0.4) is 0 Å². The van der Waals surface area contributed by atoms with Crippen LogP contribution in [0.1, 0.15) is 30.1 Å². The van der Waals surface area contributed by atoms with Gasteiger partial charge in [0.05, 0.1) is 38.9 Å². The lowest BCUT2D eigenvalue weighted by Crippen LogP contribution is -2.43. The van der Waals surface area contributed by atoms with Crippen LogP contribution in [0, 0.1) is 11.1 Å². The summed E-state index contributed by atoms with van der Waals surface area (Å²) in [6.07, 6.45) is 2.53. The molecule has 1 aliphatic carbocycles. The number of morpholine rings is 1. The Hall–Kier alpha value is -3.83. The maximum absolute atomic E-state index is 13.4. The zero-order valence-corrected chi connectivity index (χ0v) is 30.1. The summed E-state index contributed by atoms with van der Waals surface area (Å²) in [6, 6.07) is 8.27. The lowest BCUT2D eigenvalue weighted by molar-refractivity contribution is -0.605. The van der Waals surface area contributed by atoms with Gasteiger partial charge in [0.1, 0.15) is 27.6 Å². The first-order valence-electron chi connectivity index (χ1n) is 15.9. The van der Waals surface area contributed by atoms with E-state index in [0.29, 0.717) is 37.6 Å². The summed E-state index contributed by atoms with van der Waals surface area (Å²) in [6.45, 7) is 0.0373. The Bertz CT molecular complexity index is 1770. The molecule has 1 aliphatic heterocycles. The van der Waals surface area contributed by atoms with Crippen molar-refractivity contribution in [2.45, 2.75) is 32.0 Å². The highest BCUT2D eigenvalue weighted by Gasteiger charge is 2.28. The molecule has 18 heteroatoms. The number of pyridine rings is 1. The Kier molecular flexibility index (Phi) is 12.9. The molecule has 51 heavy (non-hydrogen) atoms. The van der Waals surface area contributed by atoms with E-state index in [4.69, 9.17) is 46.9 Å². The molecule has 13 nitrogen and oxygen atoms in total. The number of carbonyl (C=O) groups is 1. The molecule has 2 aromatic carbocycles. The van der Waals surface area contributed by atoms with Crippen LogP contribution in [-0.4, -0.2) is 85.4 Å². The second kappa shape index (κ2) is 17.1. The Morgan fingerprint density at radius 1 is 1.08 bits per heavy atom. The van der Waals surface area contributed by atoms with E-state index in [1.54, 1.807) is 0 Å². The molecule has 1 saturated heterocycles. The highest BCUT2D eigenvalue weighted by molar-refractivity contribution is 7.92. The van der Waals surface area contributed by atoms with Gasteiger partial charge in [-0.05, 0) is 48.6 Å². The molecule has 0 radical (unpaired) electrons. The van der Waals surface area contributed by atoms with Gasteiger partial charge in [0.2, 0.25) is 10.0 Å². The molecule has 0 amide bonds. The Morgan fingerprint density at radius 3 is 2.39 bits per heavy atom. The smallest absolute Gasteiger partial charge is 0.514 e. The second-order valence-corrected chi connectivity index (χ2v) is 14.6. The van der Waals surface area contributed by atoms with E-state index in [0.717, 1.165) is 35.8 Å². The molecular formula is C33H37Cl2F2N3O10S. The highest BCUT2D eigenvalue weighted by Crippen LogP contribution is 2.39. The van der Waals surface area contributed by atoms with Crippen LogP contribution >= 0.6 is 23.2 Å². The van der Waals surface area contributed by atoms with Crippen molar-refractivity contribution in [3.63, 3.8) is 0 Å². The van der Waals surface area contributed by atoms with Crippen LogP contribution in [0.25, 0.3) is 0 Å². The second-order valence-electron chi connectivity index (χ2n) is 11.9. The highest BCUT2D eigenvalue weighted by atomic mass is 35.5. The molecular weight excluding hydrogens is 739 g/mol. The summed E-state index contributed by atoms with van der Waals surface area (Å²) in [5.41, 5.74) is 0.676. The first-order chi connectivity index (χ1) is 24.3. The van der Waals surface area contributed by atoms with Crippen molar-refractivity contribution in [3.8, 4) is 23.0 Å². The summed E-state index contributed by atoms with van der Waals surface area (Å²) in [7, 11) is -2.43. The van der Waals surface area contributed by atoms with Gasteiger partial charge >= 0.3 is 12.8 Å². The fourth-order valence-electron chi connectivity index (χ4n) is 5.35. The van der Waals surface area contributed by atoms with E-state index < -0.39 is 28.9 Å². The number of carbonyl (C=O) groups excluding carboxylic acids is 1. The molecule has 0 bridgehead atoms. The van der Waals surface area contributed by atoms with Crippen molar-refractivity contribution in [2.24, 2.45) is 5.92 Å². The minimum Gasteiger partial charge on any atom is -0.619 e. The van der Waals surface area contributed by atoms with E-state index in [1.165, 1.54) is 43.5 Å². The van der Waals surface area contributed by atoms with Crippen LogP contribution in [0.2, 0.25) is 10.0 Å². The fourth-order valence-corrected chi connectivity index (χ4v) is 6.86. The van der Waals surface area contributed by atoms with Crippen LogP contribution in [-0.2, 0) is 25.9 Å². The molecule has 2 aliphatic rings. The van der Waals surface area contributed by atoms with Gasteiger partial charge in [0, 0.05) is 44.2 Å². The van der Waals surface area contributed by atoms with Gasteiger partial charge in [0.25, 0.3) is 0 Å². The van der Waals surface area contributed by atoms with Crippen molar-refractivity contribution in [1.29, 1.82) is 0 Å². The van der Waals surface area contributed by atoms with Crippen molar-refractivity contribution < 1.29 is 55.1 Å². The summed E-state index contributed by atoms with van der Waals surface area (Å²) >= 11 is 12.7. The molecule has 2 heterocycles. The fraction of sp³-hybridized carbons (Fsp3) is 0.455. The predicted octanol–water partition coefficient (Wildman–Crippen LogP) is 5.62. The minimum absolute atomic E-state index is 0.00191. The molecule has 1 saturated carbocycles. The number of aromatic nitrogens is 1. The van der Waals surface area contributed by atoms with E-state index in [1.807, 2.05) is 0 Å². The first kappa shape index (κ1) is 38.4. The number of sulfonamides is 1. The number of methoxy groups -OCH3 is 1. The standard InChI is InChI=1S/C33H37Cl2F2N3O10S/c1-45-28-8-6-23(16-27(28)40(51(2,43)44)10-9-38-11-13-46-14-12-38)48-33(41)50-30(17-24-25(34)18-39(42)19-26(24)35)22-5-7-29(49-32(36)37)31(15-22)47-20-21-3-4-21/h5-8,15-16,18-19,21,30,32H,3-4,9-14,17,20H2,1-2H3. The van der Waals surface area contributed by atoms with Crippen LogP contribution in [0.15, 0.2) is 48.8 Å². The zero-order chi connectivity index (χ0) is 36.7. The number of hydrogen-bond acceptors (Lipinski definition) is 11. The average molecular weight is 777 g/mol. The van der Waals surface area contributed by atoms with Crippen molar-refractivity contribution >= 4 is 45.1 Å². The maximum Gasteiger partial charge on any atom is 0.514 e. The Labute approximate surface area is 304 Å². The molecule has 0 N–H and O–H groups in total. The van der Waals surface area contributed by atoms with Crippen LogP contribution in [0.4, 0.5) is 19.3 Å². The van der Waals surface area contributed by atoms with E-state index in [-0.39, 0.29) is 75.3 Å². The van der Waals surface area contributed by atoms with Crippen LogP contribution in [0.5, 0.6) is 23.0 Å². The molecule has 1 atom stereocenters. The normalized spacial score (nSPS) is 15.7. The summed E-state index contributed by atoms with van der Waals surface area (Å²) in [5.74, 6) is 0.223. The summed E-state index contributed by atoms with van der Waals surface area (Å²) < 4.78 is 86.5. The molecule has 3 aromatic rings. The molecule has 0 spiro atoms. The third-order valence-corrected chi connectivity index (χ3v) is 9.99. The predicted molar refractivity (Wildman–Crippen MR) is 183 cm³/mol. The van der Waals surface area contributed by atoms with Crippen molar-refractivity contribution in [1.82, 2.24) is 4.90 Å². The van der Waals surface area contributed by atoms with Gasteiger partial charge in [-0.2, -0.15) is 13.5 Å². The summed E-state index contributed by atoms with van der Waals surface area (Å²) in [4.78, 5) is 15.5. The van der Waals surface area contributed by atoms with Crippen molar-refractivity contribution in [2.75, 3.05) is 63.7 Å². The number of halogens is 4. The average Bonchev–Trinajstić information content (AvgIpc) is 3.90.